The maximum Gasteiger partial charge on any atom is 0.338 e. The van der Waals surface area contributed by atoms with Gasteiger partial charge >= 0.3 is 5.97 Å². The van der Waals surface area contributed by atoms with Gasteiger partial charge in [-0.1, -0.05) is 0 Å². The van der Waals surface area contributed by atoms with Gasteiger partial charge in [0, 0.05) is 31.9 Å². The Morgan fingerprint density at radius 1 is 1.15 bits per heavy atom. The molecule has 1 N–H and O–H groups in total. The summed E-state index contributed by atoms with van der Waals surface area (Å²) in [5.41, 5.74) is -0.109. The first kappa shape index (κ1) is 19.8. The molecule has 0 saturated carbocycles. The van der Waals surface area contributed by atoms with Gasteiger partial charge < -0.3 is 15.0 Å². The van der Waals surface area contributed by atoms with Gasteiger partial charge in [-0.25, -0.2) is 13.6 Å². The summed E-state index contributed by atoms with van der Waals surface area (Å²) >= 11 is 0. The van der Waals surface area contributed by atoms with Crippen molar-refractivity contribution in [3.63, 3.8) is 0 Å². The Morgan fingerprint density at radius 3 is 2.44 bits per heavy atom. The average molecular weight is 379 g/mol. The summed E-state index contributed by atoms with van der Waals surface area (Å²) in [6.07, 6.45) is 0. The fourth-order valence-electron chi connectivity index (χ4n) is 2.16. The molecule has 0 saturated heterocycles. The highest BCUT2D eigenvalue weighted by Gasteiger charge is 2.20. The molecule has 0 aliphatic carbocycles. The molecular formula is C17H15F2N3O5. The van der Waals surface area contributed by atoms with Gasteiger partial charge in [-0.3, -0.25) is 14.9 Å². The number of halogens is 2. The molecule has 2 aromatic carbocycles. The molecule has 0 aliphatic rings. The van der Waals surface area contributed by atoms with Gasteiger partial charge in [0.25, 0.3) is 11.6 Å². The Hall–Kier alpha value is -3.56. The van der Waals surface area contributed by atoms with E-state index in [2.05, 4.69) is 5.32 Å². The fraction of sp³-hybridized carbons (Fsp3) is 0.176. The minimum Gasteiger partial charge on any atom is -0.452 e. The number of ether oxygens (including phenoxy) is 1. The number of esters is 1. The Bertz CT molecular complexity index is 902. The van der Waals surface area contributed by atoms with E-state index in [1.165, 1.54) is 17.0 Å². The molecule has 0 spiro atoms. The highest BCUT2D eigenvalue weighted by atomic mass is 19.2. The minimum absolute atomic E-state index is 0.0130. The zero-order valence-electron chi connectivity index (χ0n) is 14.4. The lowest BCUT2D eigenvalue weighted by Gasteiger charge is -2.13. The third-order valence-corrected chi connectivity index (χ3v) is 3.43. The maximum absolute atomic E-state index is 13.1. The summed E-state index contributed by atoms with van der Waals surface area (Å²) in [6, 6.07) is 6.52. The summed E-state index contributed by atoms with van der Waals surface area (Å²) in [4.78, 5) is 35.8. The number of carbonyl (C=O) groups is 2. The molecular weight excluding hydrogens is 364 g/mol. The van der Waals surface area contributed by atoms with Crippen molar-refractivity contribution in [1.82, 2.24) is 0 Å². The van der Waals surface area contributed by atoms with Crippen LogP contribution in [0.4, 0.5) is 25.8 Å². The van der Waals surface area contributed by atoms with E-state index < -0.39 is 35.0 Å². The van der Waals surface area contributed by atoms with E-state index in [4.69, 9.17) is 4.74 Å². The van der Waals surface area contributed by atoms with Crippen LogP contribution in [0.5, 0.6) is 0 Å². The van der Waals surface area contributed by atoms with Crippen LogP contribution in [0.1, 0.15) is 10.4 Å². The first-order valence-corrected chi connectivity index (χ1v) is 7.57. The lowest BCUT2D eigenvalue weighted by atomic mass is 10.1. The van der Waals surface area contributed by atoms with Crippen molar-refractivity contribution in [1.29, 1.82) is 0 Å². The molecule has 1 amide bonds. The van der Waals surface area contributed by atoms with E-state index in [1.807, 2.05) is 0 Å². The number of carbonyl (C=O) groups excluding carboxylic acids is 2. The van der Waals surface area contributed by atoms with Crippen molar-refractivity contribution in [3.05, 3.63) is 63.7 Å². The molecule has 0 fully saturated rings. The van der Waals surface area contributed by atoms with Crippen LogP contribution in [-0.2, 0) is 9.53 Å². The van der Waals surface area contributed by atoms with Crippen LogP contribution in [0.2, 0.25) is 0 Å². The number of nitro groups is 1. The van der Waals surface area contributed by atoms with Crippen LogP contribution in [0.15, 0.2) is 36.4 Å². The molecule has 0 aliphatic heterocycles. The molecule has 0 bridgehead atoms. The molecule has 0 aromatic heterocycles. The van der Waals surface area contributed by atoms with Gasteiger partial charge in [-0.2, -0.15) is 0 Å². The molecule has 0 heterocycles. The minimum atomic E-state index is -1.14. The predicted octanol–water partition coefficient (Wildman–Crippen LogP) is 2.73. The topological polar surface area (TPSA) is 102 Å². The van der Waals surface area contributed by atoms with Crippen LogP contribution in [0, 0.1) is 21.7 Å². The van der Waals surface area contributed by atoms with E-state index in [1.54, 1.807) is 14.1 Å². The second-order valence-electron chi connectivity index (χ2n) is 5.61. The molecule has 8 nitrogen and oxygen atoms in total. The number of hydrogen-bond donors (Lipinski definition) is 1. The lowest BCUT2D eigenvalue weighted by Crippen LogP contribution is -2.21. The second kappa shape index (κ2) is 8.21. The fourth-order valence-corrected chi connectivity index (χ4v) is 2.16. The van der Waals surface area contributed by atoms with Crippen molar-refractivity contribution < 1.29 is 28.0 Å². The van der Waals surface area contributed by atoms with Gasteiger partial charge in [0.2, 0.25) is 0 Å². The Kier molecular flexibility index (Phi) is 6.01. The average Bonchev–Trinajstić information content (AvgIpc) is 2.62. The smallest absolute Gasteiger partial charge is 0.338 e. The van der Waals surface area contributed by atoms with E-state index in [0.717, 1.165) is 24.3 Å². The van der Waals surface area contributed by atoms with Crippen LogP contribution in [0.25, 0.3) is 0 Å². The monoisotopic (exact) mass is 379 g/mol. The second-order valence-corrected chi connectivity index (χ2v) is 5.61. The zero-order valence-corrected chi connectivity index (χ0v) is 14.4. The number of nitro benzene ring substituents is 1. The molecule has 2 rings (SSSR count). The Balaban J connectivity index is 2.02. The van der Waals surface area contributed by atoms with Crippen LogP contribution in [0.3, 0.4) is 0 Å². The standard InChI is InChI=1S/C17H15F2N3O5/c1-21(2)14-6-3-10(7-15(14)22(25)26)17(24)27-9-16(23)20-11-4-5-12(18)13(19)8-11/h3-8H,9H2,1-2H3,(H,20,23). The number of benzene rings is 2. The summed E-state index contributed by atoms with van der Waals surface area (Å²) in [5, 5.41) is 13.4. The number of nitrogens with zero attached hydrogens (tertiary/aromatic N) is 2. The van der Waals surface area contributed by atoms with Gasteiger partial charge in [-0.05, 0) is 24.3 Å². The number of hydrogen-bond acceptors (Lipinski definition) is 6. The lowest BCUT2D eigenvalue weighted by molar-refractivity contribution is -0.384. The van der Waals surface area contributed by atoms with E-state index in [9.17, 15) is 28.5 Å². The largest absolute Gasteiger partial charge is 0.452 e. The van der Waals surface area contributed by atoms with Gasteiger partial charge in [0.05, 0.1) is 10.5 Å². The third-order valence-electron chi connectivity index (χ3n) is 3.43. The van der Waals surface area contributed by atoms with Crippen LogP contribution < -0.4 is 10.2 Å². The Labute approximate surface area is 152 Å². The van der Waals surface area contributed by atoms with E-state index in [-0.39, 0.29) is 16.9 Å². The molecule has 0 unspecified atom stereocenters. The van der Waals surface area contributed by atoms with Crippen molar-refractivity contribution in [2.75, 3.05) is 30.9 Å². The zero-order chi connectivity index (χ0) is 20.1. The van der Waals surface area contributed by atoms with E-state index >= 15 is 0 Å². The highest BCUT2D eigenvalue weighted by molar-refractivity contribution is 5.96. The van der Waals surface area contributed by atoms with E-state index in [0.29, 0.717) is 5.69 Å². The quantitative estimate of drug-likeness (QED) is 0.470. The van der Waals surface area contributed by atoms with Gasteiger partial charge in [0.1, 0.15) is 5.69 Å². The summed E-state index contributed by atoms with van der Waals surface area (Å²) in [7, 11) is 3.23. The Morgan fingerprint density at radius 2 is 1.85 bits per heavy atom. The van der Waals surface area contributed by atoms with Crippen molar-refractivity contribution in [2.24, 2.45) is 0 Å². The first-order chi connectivity index (χ1) is 12.7. The summed E-state index contributed by atoms with van der Waals surface area (Å²) in [5.74, 6) is -3.93. The molecule has 0 atom stereocenters. The van der Waals surface area contributed by atoms with Crippen molar-refractivity contribution in [3.8, 4) is 0 Å². The summed E-state index contributed by atoms with van der Waals surface area (Å²) in [6.45, 7) is -0.707. The van der Waals surface area contributed by atoms with Crippen molar-refractivity contribution in [2.45, 2.75) is 0 Å². The molecule has 2 aromatic rings. The molecule has 0 radical (unpaired) electrons. The maximum atomic E-state index is 13.1. The normalized spacial score (nSPS) is 10.2. The molecule has 142 valence electrons. The molecule has 10 heteroatoms. The number of anilines is 2. The summed E-state index contributed by atoms with van der Waals surface area (Å²) < 4.78 is 30.7. The van der Waals surface area contributed by atoms with Gasteiger partial charge in [-0.15, -0.1) is 0 Å². The third kappa shape index (κ3) is 4.97. The van der Waals surface area contributed by atoms with Crippen molar-refractivity contribution >= 4 is 28.9 Å². The molecule has 27 heavy (non-hydrogen) atoms. The number of nitrogens with one attached hydrogen (secondary N) is 1. The SMILES string of the molecule is CN(C)c1ccc(C(=O)OCC(=O)Nc2ccc(F)c(F)c2)cc1[N+](=O)[O-]. The van der Waals surface area contributed by atoms with Crippen LogP contribution in [-0.4, -0.2) is 37.5 Å². The van der Waals surface area contributed by atoms with Gasteiger partial charge in [0.15, 0.2) is 18.2 Å². The van der Waals surface area contributed by atoms with Crippen LogP contribution >= 0.6 is 0 Å². The number of amides is 1. The first-order valence-electron chi connectivity index (χ1n) is 7.57. The number of rotatable bonds is 6. The predicted molar refractivity (Wildman–Crippen MR) is 92.7 cm³/mol. The highest BCUT2D eigenvalue weighted by Crippen LogP contribution is 2.27.